The molecule has 0 spiro atoms. The molecule has 5 nitrogen and oxygen atoms in total. The molecule has 0 fully saturated rings. The minimum Gasteiger partial charge on any atom is -0.508 e. The van der Waals surface area contributed by atoms with Crippen LogP contribution in [0.2, 0.25) is 0 Å². The van der Waals surface area contributed by atoms with Crippen molar-refractivity contribution >= 4 is 0 Å². The van der Waals surface area contributed by atoms with Crippen molar-refractivity contribution in [2.75, 3.05) is 13.7 Å². The summed E-state index contributed by atoms with van der Waals surface area (Å²) in [6.45, 7) is 4.15. The number of hydrogen-bond acceptors (Lipinski definition) is 5. The maximum Gasteiger partial charge on any atom is 0.168 e. The Balaban J connectivity index is 1.84. The van der Waals surface area contributed by atoms with Gasteiger partial charge in [0, 0.05) is 22.8 Å². The molecule has 2 aromatic carbocycles. The SMILES string of the molecule is COc1ccc2c(c1CC=C(C)C)O[C@H]1c3ccc(O)cc3OC[C@]21O. The molecule has 0 aliphatic carbocycles. The van der Waals surface area contributed by atoms with Gasteiger partial charge in [-0.3, -0.25) is 0 Å². The molecule has 0 amide bonds. The Morgan fingerprint density at radius 1 is 1.31 bits per heavy atom. The standard InChI is InChI=1S/C21H22O5/c1-12(2)4-6-14-17(24-3)9-8-16-19(14)26-20-15-7-5-13(22)10-18(15)25-11-21(16,20)23/h4-5,7-10,20,22-23H,6,11H2,1-3H3/t20-,21-/m0/s1. The number of phenolic OH excluding ortho intramolecular Hbond substituents is 1. The number of allylic oxidation sites excluding steroid dienone is 2. The molecule has 0 saturated heterocycles. The topological polar surface area (TPSA) is 68.2 Å². The van der Waals surface area contributed by atoms with E-state index < -0.39 is 11.7 Å². The van der Waals surface area contributed by atoms with Crippen LogP contribution in [0.3, 0.4) is 0 Å². The zero-order chi connectivity index (χ0) is 18.5. The van der Waals surface area contributed by atoms with E-state index in [9.17, 15) is 10.2 Å². The van der Waals surface area contributed by atoms with E-state index in [-0.39, 0.29) is 12.4 Å². The Bertz CT molecular complexity index is 898. The van der Waals surface area contributed by atoms with Crippen LogP contribution in [0.4, 0.5) is 0 Å². The molecule has 0 radical (unpaired) electrons. The van der Waals surface area contributed by atoms with Gasteiger partial charge in [-0.2, -0.15) is 0 Å². The third-order valence-electron chi connectivity index (χ3n) is 5.02. The average molecular weight is 354 g/mol. The van der Waals surface area contributed by atoms with Crippen molar-refractivity contribution in [3.05, 3.63) is 58.7 Å². The second-order valence-electron chi connectivity index (χ2n) is 7.04. The van der Waals surface area contributed by atoms with Crippen LogP contribution in [0.5, 0.6) is 23.0 Å². The molecular weight excluding hydrogens is 332 g/mol. The first-order chi connectivity index (χ1) is 12.4. The van der Waals surface area contributed by atoms with Gasteiger partial charge in [-0.05, 0) is 44.5 Å². The number of methoxy groups -OCH3 is 1. The number of fused-ring (bicyclic) bond motifs is 5. The Labute approximate surface area is 152 Å². The molecular formula is C21H22O5. The van der Waals surface area contributed by atoms with Crippen LogP contribution in [-0.4, -0.2) is 23.9 Å². The average Bonchev–Trinajstić information content (AvgIpc) is 2.92. The summed E-state index contributed by atoms with van der Waals surface area (Å²) in [6.07, 6.45) is 2.18. The number of aliphatic hydroxyl groups is 1. The summed E-state index contributed by atoms with van der Waals surface area (Å²) in [4.78, 5) is 0. The predicted molar refractivity (Wildman–Crippen MR) is 97.0 cm³/mol. The Kier molecular flexibility index (Phi) is 3.84. The second-order valence-corrected chi connectivity index (χ2v) is 7.04. The molecule has 2 heterocycles. The van der Waals surface area contributed by atoms with E-state index in [0.717, 1.165) is 16.9 Å². The molecule has 0 unspecified atom stereocenters. The molecule has 0 aromatic heterocycles. The maximum atomic E-state index is 11.4. The molecule has 5 heteroatoms. The highest BCUT2D eigenvalue weighted by Gasteiger charge is 2.53. The van der Waals surface area contributed by atoms with E-state index in [2.05, 4.69) is 6.08 Å². The molecule has 2 N–H and O–H groups in total. The highest BCUT2D eigenvalue weighted by atomic mass is 16.5. The molecule has 0 saturated carbocycles. The van der Waals surface area contributed by atoms with Gasteiger partial charge >= 0.3 is 0 Å². The normalized spacial score (nSPS) is 22.4. The van der Waals surface area contributed by atoms with Crippen LogP contribution >= 0.6 is 0 Å². The minimum absolute atomic E-state index is 0.0650. The molecule has 4 rings (SSSR count). The van der Waals surface area contributed by atoms with E-state index in [1.54, 1.807) is 25.3 Å². The van der Waals surface area contributed by atoms with Gasteiger partial charge in [0.2, 0.25) is 0 Å². The summed E-state index contributed by atoms with van der Waals surface area (Å²) in [5, 5.41) is 21.1. The molecule has 0 bridgehead atoms. The third-order valence-corrected chi connectivity index (χ3v) is 5.02. The summed E-state index contributed by atoms with van der Waals surface area (Å²) in [5.74, 6) is 2.04. The minimum atomic E-state index is -1.27. The van der Waals surface area contributed by atoms with Crippen molar-refractivity contribution in [2.24, 2.45) is 0 Å². The van der Waals surface area contributed by atoms with E-state index in [1.165, 1.54) is 5.57 Å². The Hall–Kier alpha value is -2.66. The zero-order valence-corrected chi connectivity index (χ0v) is 15.1. The van der Waals surface area contributed by atoms with Crippen molar-refractivity contribution in [3.63, 3.8) is 0 Å². The number of ether oxygens (including phenoxy) is 3. The first-order valence-corrected chi connectivity index (χ1v) is 8.62. The fraction of sp³-hybridized carbons (Fsp3) is 0.333. The lowest BCUT2D eigenvalue weighted by Gasteiger charge is -2.34. The first-order valence-electron chi connectivity index (χ1n) is 8.62. The van der Waals surface area contributed by atoms with E-state index >= 15 is 0 Å². The fourth-order valence-corrected chi connectivity index (χ4v) is 3.66. The molecule has 26 heavy (non-hydrogen) atoms. The van der Waals surface area contributed by atoms with Gasteiger partial charge in [-0.15, -0.1) is 0 Å². The lowest BCUT2D eigenvalue weighted by Crippen LogP contribution is -2.41. The number of aromatic hydroxyl groups is 1. The highest BCUT2D eigenvalue weighted by Crippen LogP contribution is 2.56. The van der Waals surface area contributed by atoms with Crippen LogP contribution in [0, 0.1) is 0 Å². The van der Waals surface area contributed by atoms with Gasteiger partial charge in [0.25, 0.3) is 0 Å². The van der Waals surface area contributed by atoms with Crippen LogP contribution in [0.15, 0.2) is 42.0 Å². The van der Waals surface area contributed by atoms with Crippen molar-refractivity contribution in [2.45, 2.75) is 32.0 Å². The largest absolute Gasteiger partial charge is 0.508 e. The van der Waals surface area contributed by atoms with E-state index in [4.69, 9.17) is 14.2 Å². The van der Waals surface area contributed by atoms with Crippen molar-refractivity contribution in [3.8, 4) is 23.0 Å². The van der Waals surface area contributed by atoms with Crippen molar-refractivity contribution in [1.29, 1.82) is 0 Å². The summed E-state index contributed by atoms with van der Waals surface area (Å²) >= 11 is 0. The number of benzene rings is 2. The number of hydrogen-bond donors (Lipinski definition) is 2. The Morgan fingerprint density at radius 3 is 2.85 bits per heavy atom. The van der Waals surface area contributed by atoms with Gasteiger partial charge in [-0.25, -0.2) is 0 Å². The van der Waals surface area contributed by atoms with Gasteiger partial charge in [-0.1, -0.05) is 11.6 Å². The lowest BCUT2D eigenvalue weighted by atomic mass is 9.84. The van der Waals surface area contributed by atoms with Gasteiger partial charge in [0.1, 0.15) is 29.6 Å². The van der Waals surface area contributed by atoms with Crippen molar-refractivity contribution in [1.82, 2.24) is 0 Å². The van der Waals surface area contributed by atoms with Crippen LogP contribution < -0.4 is 14.2 Å². The van der Waals surface area contributed by atoms with Gasteiger partial charge in [0.05, 0.1) is 7.11 Å². The summed E-state index contributed by atoms with van der Waals surface area (Å²) in [7, 11) is 1.63. The smallest absolute Gasteiger partial charge is 0.168 e. The molecule has 2 aromatic rings. The summed E-state index contributed by atoms with van der Waals surface area (Å²) < 4.78 is 17.5. The van der Waals surface area contributed by atoms with Crippen LogP contribution in [0.25, 0.3) is 0 Å². The fourth-order valence-electron chi connectivity index (χ4n) is 3.66. The first kappa shape index (κ1) is 16.8. The summed E-state index contributed by atoms with van der Waals surface area (Å²) in [5.41, 5.74) is 2.27. The Morgan fingerprint density at radius 2 is 2.12 bits per heavy atom. The second kappa shape index (κ2) is 5.95. The molecule has 2 aliphatic heterocycles. The highest BCUT2D eigenvalue weighted by molar-refractivity contribution is 5.59. The predicted octanol–water partition coefficient (Wildman–Crippen LogP) is 3.62. The number of phenols is 1. The van der Waals surface area contributed by atoms with Crippen molar-refractivity contribution < 1.29 is 24.4 Å². The van der Waals surface area contributed by atoms with E-state index in [1.807, 2.05) is 26.0 Å². The van der Waals surface area contributed by atoms with E-state index in [0.29, 0.717) is 23.5 Å². The summed E-state index contributed by atoms with van der Waals surface area (Å²) in [6, 6.07) is 8.56. The van der Waals surface area contributed by atoms with Gasteiger partial charge in [0.15, 0.2) is 11.7 Å². The maximum absolute atomic E-state index is 11.4. The molecule has 2 atom stereocenters. The third kappa shape index (κ3) is 2.42. The number of rotatable bonds is 3. The van der Waals surface area contributed by atoms with Crippen LogP contribution in [0.1, 0.15) is 36.6 Å². The van der Waals surface area contributed by atoms with Gasteiger partial charge < -0.3 is 24.4 Å². The monoisotopic (exact) mass is 354 g/mol. The quantitative estimate of drug-likeness (QED) is 0.824. The molecule has 136 valence electrons. The van der Waals surface area contributed by atoms with Crippen LogP contribution in [-0.2, 0) is 12.0 Å². The molecule has 2 aliphatic rings. The lowest BCUT2D eigenvalue weighted by molar-refractivity contribution is -0.0864. The zero-order valence-electron chi connectivity index (χ0n) is 15.1.